The molecule has 0 saturated carbocycles. The first-order chi connectivity index (χ1) is 12.7. The number of hydrogen-bond acceptors (Lipinski definition) is 4. The quantitative estimate of drug-likeness (QED) is 0.804. The van der Waals surface area contributed by atoms with Crippen molar-refractivity contribution in [1.29, 1.82) is 0 Å². The van der Waals surface area contributed by atoms with E-state index in [-0.39, 0.29) is 11.9 Å². The van der Waals surface area contributed by atoms with E-state index in [0.717, 1.165) is 34.8 Å². The molecule has 2 aromatic rings. The summed E-state index contributed by atoms with van der Waals surface area (Å²) in [7, 11) is 1.61. The third kappa shape index (κ3) is 4.17. The molecule has 0 aliphatic carbocycles. The van der Waals surface area contributed by atoms with Crippen LogP contribution in [-0.2, 0) is 4.79 Å². The number of fused-ring (bicyclic) bond motifs is 1. The molecule has 2 aromatic carbocycles. The van der Waals surface area contributed by atoms with Gasteiger partial charge in [0.05, 0.1) is 13.2 Å². The molecular formula is C21H23NO4. The lowest BCUT2D eigenvalue weighted by molar-refractivity contribution is -0.117. The fourth-order valence-corrected chi connectivity index (χ4v) is 2.89. The Kier molecular flexibility index (Phi) is 5.79. The highest BCUT2D eigenvalue weighted by atomic mass is 16.6. The van der Waals surface area contributed by atoms with Crippen molar-refractivity contribution < 1.29 is 19.0 Å². The summed E-state index contributed by atoms with van der Waals surface area (Å²) in [6, 6.07) is 13.3. The van der Waals surface area contributed by atoms with Crippen molar-refractivity contribution in [3.8, 4) is 17.2 Å². The first-order valence-corrected chi connectivity index (χ1v) is 8.72. The number of rotatable bonds is 6. The number of amides is 1. The van der Waals surface area contributed by atoms with Crippen molar-refractivity contribution in [2.45, 2.75) is 19.4 Å². The van der Waals surface area contributed by atoms with Crippen LogP contribution in [0.25, 0.3) is 6.08 Å². The molecule has 1 heterocycles. The average molecular weight is 353 g/mol. The highest BCUT2D eigenvalue weighted by Gasteiger charge is 2.17. The Morgan fingerprint density at radius 2 is 1.96 bits per heavy atom. The molecular weight excluding hydrogens is 330 g/mol. The molecule has 0 spiro atoms. The first kappa shape index (κ1) is 17.9. The Morgan fingerprint density at radius 3 is 2.73 bits per heavy atom. The Bertz CT molecular complexity index is 800. The number of carbonyl (C=O) groups is 1. The summed E-state index contributed by atoms with van der Waals surface area (Å²) in [5.74, 6) is 2.05. The highest BCUT2D eigenvalue weighted by molar-refractivity contribution is 5.92. The maximum Gasteiger partial charge on any atom is 0.244 e. The van der Waals surface area contributed by atoms with E-state index in [4.69, 9.17) is 14.2 Å². The fourth-order valence-electron chi connectivity index (χ4n) is 2.89. The van der Waals surface area contributed by atoms with Crippen LogP contribution < -0.4 is 19.5 Å². The molecule has 1 amide bonds. The Morgan fingerprint density at radius 1 is 1.19 bits per heavy atom. The van der Waals surface area contributed by atoms with Crippen molar-refractivity contribution in [2.24, 2.45) is 0 Å². The lowest BCUT2D eigenvalue weighted by Crippen LogP contribution is -2.26. The van der Waals surface area contributed by atoms with Crippen molar-refractivity contribution >= 4 is 12.0 Å². The van der Waals surface area contributed by atoms with E-state index in [1.165, 1.54) is 6.08 Å². The minimum atomic E-state index is -0.155. The lowest BCUT2D eigenvalue weighted by Gasteiger charge is -2.22. The van der Waals surface area contributed by atoms with Gasteiger partial charge in [-0.1, -0.05) is 31.2 Å². The maximum absolute atomic E-state index is 12.4. The van der Waals surface area contributed by atoms with Crippen LogP contribution in [0, 0.1) is 0 Å². The SMILES string of the molecule is CCC(NC(=O)C=Cc1ccccc1OC)c1ccc2c(c1)OCCO2. The zero-order valence-electron chi connectivity index (χ0n) is 15.0. The molecule has 3 rings (SSSR count). The van der Waals surface area contributed by atoms with Gasteiger partial charge in [-0.25, -0.2) is 0 Å². The molecule has 1 aliphatic rings. The number of para-hydroxylation sites is 1. The summed E-state index contributed by atoms with van der Waals surface area (Å²) >= 11 is 0. The minimum Gasteiger partial charge on any atom is -0.496 e. The predicted molar refractivity (Wildman–Crippen MR) is 101 cm³/mol. The molecule has 5 heteroatoms. The van der Waals surface area contributed by atoms with Gasteiger partial charge in [0, 0.05) is 11.6 Å². The zero-order valence-corrected chi connectivity index (χ0v) is 15.0. The van der Waals surface area contributed by atoms with E-state index in [1.807, 2.05) is 49.4 Å². The van der Waals surface area contributed by atoms with Gasteiger partial charge >= 0.3 is 0 Å². The van der Waals surface area contributed by atoms with Crippen molar-refractivity contribution in [3.05, 3.63) is 59.7 Å². The fraction of sp³-hybridized carbons (Fsp3) is 0.286. The van der Waals surface area contributed by atoms with Gasteiger partial charge in [-0.2, -0.15) is 0 Å². The Balaban J connectivity index is 1.69. The molecule has 0 saturated heterocycles. The van der Waals surface area contributed by atoms with Crippen molar-refractivity contribution in [2.75, 3.05) is 20.3 Å². The van der Waals surface area contributed by atoms with E-state index in [9.17, 15) is 4.79 Å². The third-order valence-corrected chi connectivity index (χ3v) is 4.25. The van der Waals surface area contributed by atoms with E-state index < -0.39 is 0 Å². The number of benzene rings is 2. The largest absolute Gasteiger partial charge is 0.496 e. The van der Waals surface area contributed by atoms with Crippen LogP contribution in [0.1, 0.15) is 30.5 Å². The molecule has 0 aromatic heterocycles. The van der Waals surface area contributed by atoms with Gasteiger partial charge in [0.25, 0.3) is 0 Å². The van der Waals surface area contributed by atoms with Crippen molar-refractivity contribution in [1.82, 2.24) is 5.32 Å². The number of hydrogen-bond donors (Lipinski definition) is 1. The summed E-state index contributed by atoms with van der Waals surface area (Å²) < 4.78 is 16.5. The molecule has 1 atom stereocenters. The molecule has 1 unspecified atom stereocenters. The van der Waals surface area contributed by atoms with Crippen LogP contribution in [0.15, 0.2) is 48.5 Å². The predicted octanol–water partition coefficient (Wildman–Crippen LogP) is 3.75. The molecule has 0 fully saturated rings. The summed E-state index contributed by atoms with van der Waals surface area (Å²) in [6.45, 7) is 3.14. The smallest absolute Gasteiger partial charge is 0.244 e. The standard InChI is InChI=1S/C21H23NO4/c1-3-17(16-8-10-19-20(14-16)26-13-12-25-19)22-21(23)11-9-15-6-4-5-7-18(15)24-2/h4-11,14,17H,3,12-13H2,1-2H3,(H,22,23). The maximum atomic E-state index is 12.4. The monoisotopic (exact) mass is 353 g/mol. The molecule has 1 aliphatic heterocycles. The van der Waals surface area contributed by atoms with Crippen LogP contribution in [0.5, 0.6) is 17.2 Å². The second-order valence-corrected chi connectivity index (χ2v) is 5.95. The summed E-state index contributed by atoms with van der Waals surface area (Å²) in [6.07, 6.45) is 4.05. The number of ether oxygens (including phenoxy) is 3. The van der Waals surface area contributed by atoms with Gasteiger partial charge in [-0.15, -0.1) is 0 Å². The van der Waals surface area contributed by atoms with Gasteiger partial charge in [0.2, 0.25) is 5.91 Å². The van der Waals surface area contributed by atoms with Gasteiger partial charge in [-0.05, 0) is 36.3 Å². The highest BCUT2D eigenvalue weighted by Crippen LogP contribution is 2.33. The first-order valence-electron chi connectivity index (χ1n) is 8.72. The Labute approximate surface area is 153 Å². The number of methoxy groups -OCH3 is 1. The molecule has 0 bridgehead atoms. The second-order valence-electron chi connectivity index (χ2n) is 5.95. The lowest BCUT2D eigenvalue weighted by atomic mass is 10.0. The van der Waals surface area contributed by atoms with Crippen LogP contribution in [-0.4, -0.2) is 26.2 Å². The molecule has 136 valence electrons. The summed E-state index contributed by atoms with van der Waals surface area (Å²) in [5.41, 5.74) is 1.85. The van der Waals surface area contributed by atoms with E-state index in [0.29, 0.717) is 13.2 Å². The normalized spacial score (nSPS) is 14.1. The van der Waals surface area contributed by atoms with E-state index >= 15 is 0 Å². The molecule has 5 nitrogen and oxygen atoms in total. The zero-order chi connectivity index (χ0) is 18.4. The van der Waals surface area contributed by atoms with Gasteiger partial charge < -0.3 is 19.5 Å². The average Bonchev–Trinajstić information content (AvgIpc) is 2.70. The van der Waals surface area contributed by atoms with Gasteiger partial charge in [0.15, 0.2) is 11.5 Å². The topological polar surface area (TPSA) is 56.8 Å². The molecule has 26 heavy (non-hydrogen) atoms. The number of nitrogens with one attached hydrogen (secondary N) is 1. The van der Waals surface area contributed by atoms with Crippen molar-refractivity contribution in [3.63, 3.8) is 0 Å². The van der Waals surface area contributed by atoms with Crippen LogP contribution >= 0.6 is 0 Å². The van der Waals surface area contributed by atoms with Gasteiger partial charge in [0.1, 0.15) is 19.0 Å². The Hall–Kier alpha value is -2.95. The van der Waals surface area contributed by atoms with Crippen LogP contribution in [0.2, 0.25) is 0 Å². The summed E-state index contributed by atoms with van der Waals surface area (Å²) in [4.78, 5) is 12.4. The summed E-state index contributed by atoms with van der Waals surface area (Å²) in [5, 5.41) is 3.03. The minimum absolute atomic E-state index is 0.0966. The third-order valence-electron chi connectivity index (χ3n) is 4.25. The van der Waals surface area contributed by atoms with Crippen LogP contribution in [0.4, 0.5) is 0 Å². The molecule has 1 N–H and O–H groups in total. The molecule has 0 radical (unpaired) electrons. The van der Waals surface area contributed by atoms with E-state index in [1.54, 1.807) is 13.2 Å². The van der Waals surface area contributed by atoms with Gasteiger partial charge in [-0.3, -0.25) is 4.79 Å². The van der Waals surface area contributed by atoms with Crippen LogP contribution in [0.3, 0.4) is 0 Å². The second kappa shape index (κ2) is 8.43. The number of carbonyl (C=O) groups excluding carboxylic acids is 1. The van der Waals surface area contributed by atoms with E-state index in [2.05, 4.69) is 5.32 Å².